The third-order valence-corrected chi connectivity index (χ3v) is 3.14. The number of hydrogen-bond acceptors (Lipinski definition) is 5. The van der Waals surface area contributed by atoms with E-state index in [4.69, 9.17) is 5.14 Å². The lowest BCUT2D eigenvalue weighted by molar-refractivity contribution is 0.308. The number of fused-ring (bicyclic) bond motifs is 1. The molecule has 0 saturated carbocycles. The minimum absolute atomic E-state index is 0.113. The molecule has 0 aliphatic rings. The van der Waals surface area contributed by atoms with Gasteiger partial charge in [0, 0.05) is 0 Å². The molecular weight excluding hydrogens is 236 g/mol. The van der Waals surface area contributed by atoms with E-state index in [9.17, 15) is 8.42 Å². The summed E-state index contributed by atoms with van der Waals surface area (Å²) in [6.07, 6.45) is 0. The summed E-state index contributed by atoms with van der Waals surface area (Å²) in [4.78, 5) is 4.19. The van der Waals surface area contributed by atoms with Crippen LogP contribution in [-0.4, -0.2) is 13.4 Å². The fraction of sp³-hybridized carbons (Fsp3) is 0.125. The molecule has 0 spiro atoms. The fourth-order valence-corrected chi connectivity index (χ4v) is 2.35. The van der Waals surface area contributed by atoms with Crippen molar-refractivity contribution in [2.24, 2.45) is 5.14 Å². The molecule has 1 heterocycles. The van der Waals surface area contributed by atoms with Gasteiger partial charge >= 0.3 is 10.3 Å². The highest BCUT2D eigenvalue weighted by Crippen LogP contribution is 2.21. The first kappa shape index (κ1) is 10.5. The van der Waals surface area contributed by atoms with E-state index in [-0.39, 0.29) is 6.61 Å². The third-order valence-electron chi connectivity index (χ3n) is 1.68. The van der Waals surface area contributed by atoms with Crippen molar-refractivity contribution < 1.29 is 12.6 Å². The highest BCUT2D eigenvalue weighted by atomic mass is 32.2. The summed E-state index contributed by atoms with van der Waals surface area (Å²) in [5, 5.41) is 5.29. The molecule has 0 radical (unpaired) electrons. The van der Waals surface area contributed by atoms with Crippen molar-refractivity contribution in [2.45, 2.75) is 6.61 Å². The maximum atomic E-state index is 10.6. The van der Waals surface area contributed by atoms with Gasteiger partial charge in [0.1, 0.15) is 11.6 Å². The second-order valence-corrected chi connectivity index (χ2v) is 5.17. The Kier molecular flexibility index (Phi) is 2.70. The van der Waals surface area contributed by atoms with Crippen molar-refractivity contribution in [3.05, 3.63) is 29.3 Å². The SMILES string of the molecule is NS(=O)(=O)OCc1nc2ccccc2s1. The van der Waals surface area contributed by atoms with E-state index in [1.54, 1.807) is 0 Å². The highest BCUT2D eigenvalue weighted by Gasteiger charge is 2.07. The van der Waals surface area contributed by atoms with Gasteiger partial charge in [0.2, 0.25) is 0 Å². The van der Waals surface area contributed by atoms with Crippen LogP contribution < -0.4 is 5.14 Å². The van der Waals surface area contributed by atoms with Crippen LogP contribution in [0.5, 0.6) is 0 Å². The largest absolute Gasteiger partial charge is 0.333 e. The van der Waals surface area contributed by atoms with Gasteiger partial charge in [-0.15, -0.1) is 11.3 Å². The van der Waals surface area contributed by atoms with Crippen LogP contribution in [0.15, 0.2) is 24.3 Å². The van der Waals surface area contributed by atoms with Gasteiger partial charge in [-0.05, 0) is 12.1 Å². The van der Waals surface area contributed by atoms with Crippen LogP contribution in [0.4, 0.5) is 0 Å². The van der Waals surface area contributed by atoms with Gasteiger partial charge in [0.25, 0.3) is 0 Å². The second-order valence-electron chi connectivity index (χ2n) is 2.83. The number of hydrogen-bond donors (Lipinski definition) is 1. The molecule has 7 heteroatoms. The molecule has 1 aromatic heterocycles. The van der Waals surface area contributed by atoms with E-state index < -0.39 is 10.3 Å². The summed E-state index contributed by atoms with van der Waals surface area (Å²) >= 11 is 1.38. The number of benzene rings is 1. The summed E-state index contributed by atoms with van der Waals surface area (Å²) in [6, 6.07) is 7.52. The molecule has 0 unspecified atom stereocenters. The Morgan fingerprint density at radius 3 is 2.80 bits per heavy atom. The van der Waals surface area contributed by atoms with Crippen LogP contribution in [0.2, 0.25) is 0 Å². The van der Waals surface area contributed by atoms with Crippen molar-refractivity contribution in [3.63, 3.8) is 0 Å². The average Bonchev–Trinajstić information content (AvgIpc) is 2.56. The van der Waals surface area contributed by atoms with Crippen molar-refractivity contribution in [2.75, 3.05) is 0 Å². The number of thiazole rings is 1. The number of aromatic nitrogens is 1. The van der Waals surface area contributed by atoms with Crippen LogP contribution in [0, 0.1) is 0 Å². The molecule has 0 fully saturated rings. The predicted molar refractivity (Wildman–Crippen MR) is 57.5 cm³/mol. The maximum Gasteiger partial charge on any atom is 0.333 e. The smallest absolute Gasteiger partial charge is 0.251 e. The summed E-state index contributed by atoms with van der Waals surface area (Å²) in [5.41, 5.74) is 0.829. The average molecular weight is 244 g/mol. The summed E-state index contributed by atoms with van der Waals surface area (Å²) < 4.78 is 26.5. The van der Waals surface area contributed by atoms with Crippen molar-refractivity contribution >= 4 is 31.9 Å². The third kappa shape index (κ3) is 2.72. The Morgan fingerprint density at radius 2 is 2.13 bits per heavy atom. The van der Waals surface area contributed by atoms with Crippen molar-refractivity contribution in [3.8, 4) is 0 Å². The van der Waals surface area contributed by atoms with Gasteiger partial charge in [-0.3, -0.25) is 4.18 Å². The molecule has 2 N–H and O–H groups in total. The summed E-state index contributed by atoms with van der Waals surface area (Å²) in [5.74, 6) is 0. The molecule has 2 aromatic rings. The van der Waals surface area contributed by atoms with Gasteiger partial charge in [0.15, 0.2) is 0 Å². The quantitative estimate of drug-likeness (QED) is 0.873. The lowest BCUT2D eigenvalue weighted by atomic mass is 10.3. The van der Waals surface area contributed by atoms with Crippen LogP contribution >= 0.6 is 11.3 Å². The van der Waals surface area contributed by atoms with E-state index in [1.165, 1.54) is 11.3 Å². The Hall–Kier alpha value is -1.02. The van der Waals surface area contributed by atoms with Crippen molar-refractivity contribution in [1.82, 2.24) is 4.98 Å². The Morgan fingerprint density at radius 1 is 1.40 bits per heavy atom. The Labute approximate surface area is 90.8 Å². The van der Waals surface area contributed by atoms with E-state index >= 15 is 0 Å². The number of rotatable bonds is 3. The zero-order valence-corrected chi connectivity index (χ0v) is 9.22. The fourth-order valence-electron chi connectivity index (χ4n) is 1.11. The summed E-state index contributed by atoms with van der Waals surface area (Å²) in [7, 11) is -3.89. The molecule has 15 heavy (non-hydrogen) atoms. The lowest BCUT2D eigenvalue weighted by Gasteiger charge is -1.95. The second kappa shape index (κ2) is 3.86. The molecule has 0 bridgehead atoms. The van der Waals surface area contributed by atoms with E-state index in [0.29, 0.717) is 5.01 Å². The first-order chi connectivity index (χ1) is 7.04. The molecule has 80 valence electrons. The monoisotopic (exact) mass is 244 g/mol. The van der Waals surface area contributed by atoms with Crippen LogP contribution in [0.25, 0.3) is 10.2 Å². The zero-order valence-electron chi connectivity index (χ0n) is 7.58. The first-order valence-electron chi connectivity index (χ1n) is 4.06. The van der Waals surface area contributed by atoms with Gasteiger partial charge in [-0.25, -0.2) is 10.1 Å². The highest BCUT2D eigenvalue weighted by molar-refractivity contribution is 7.84. The molecule has 0 aliphatic carbocycles. The van der Waals surface area contributed by atoms with E-state index in [0.717, 1.165) is 10.2 Å². The van der Waals surface area contributed by atoms with Gasteiger partial charge in [-0.2, -0.15) is 8.42 Å². The molecule has 1 aromatic carbocycles. The molecular formula is C8H8N2O3S2. The topological polar surface area (TPSA) is 82.3 Å². The molecule has 0 saturated heterocycles. The van der Waals surface area contributed by atoms with Gasteiger partial charge in [-0.1, -0.05) is 12.1 Å². The lowest BCUT2D eigenvalue weighted by Crippen LogP contribution is -2.15. The number of nitrogens with zero attached hydrogens (tertiary/aromatic N) is 1. The number of nitrogens with two attached hydrogens (primary N) is 1. The van der Waals surface area contributed by atoms with Gasteiger partial charge in [0.05, 0.1) is 10.2 Å². The van der Waals surface area contributed by atoms with E-state index in [1.807, 2.05) is 24.3 Å². The van der Waals surface area contributed by atoms with Crippen LogP contribution in [0.3, 0.4) is 0 Å². The summed E-state index contributed by atoms with van der Waals surface area (Å²) in [6.45, 7) is -0.113. The predicted octanol–water partition coefficient (Wildman–Crippen LogP) is 1.02. The zero-order chi connectivity index (χ0) is 10.9. The Balaban J connectivity index is 2.23. The minimum atomic E-state index is -3.89. The molecule has 0 atom stereocenters. The standard InChI is InChI=1S/C8H8N2O3S2/c9-15(11,12)13-5-8-10-6-3-1-2-4-7(6)14-8/h1-4H,5H2,(H2,9,11,12). The normalized spacial score (nSPS) is 12.1. The molecule has 2 rings (SSSR count). The number of para-hydroxylation sites is 1. The van der Waals surface area contributed by atoms with Crippen LogP contribution in [0.1, 0.15) is 5.01 Å². The molecule has 5 nitrogen and oxygen atoms in total. The van der Waals surface area contributed by atoms with Gasteiger partial charge < -0.3 is 0 Å². The molecule has 0 amide bonds. The molecule has 0 aliphatic heterocycles. The van der Waals surface area contributed by atoms with Crippen LogP contribution in [-0.2, 0) is 21.1 Å². The van der Waals surface area contributed by atoms with E-state index in [2.05, 4.69) is 9.17 Å². The minimum Gasteiger partial charge on any atom is -0.251 e. The van der Waals surface area contributed by atoms with Crippen molar-refractivity contribution in [1.29, 1.82) is 0 Å². The first-order valence-corrected chi connectivity index (χ1v) is 6.35. The maximum absolute atomic E-state index is 10.6. The Bertz CT molecular complexity index is 543.